The molecule has 1 heterocycles. The summed E-state index contributed by atoms with van der Waals surface area (Å²) in [6.45, 7) is 2.24. The number of nitrogens with zero attached hydrogens (tertiary/aromatic N) is 4. The van der Waals surface area contributed by atoms with Crippen molar-refractivity contribution in [3.05, 3.63) is 82.2 Å². The molecule has 1 aliphatic rings. The van der Waals surface area contributed by atoms with Crippen LogP contribution in [0.3, 0.4) is 0 Å². The van der Waals surface area contributed by atoms with Gasteiger partial charge in [-0.2, -0.15) is 0 Å². The van der Waals surface area contributed by atoms with Crippen molar-refractivity contribution in [1.82, 2.24) is 4.90 Å². The van der Waals surface area contributed by atoms with Gasteiger partial charge in [-0.05, 0) is 36.4 Å². The molecule has 1 N–H and O–H groups in total. The highest BCUT2D eigenvalue weighted by Gasteiger charge is 2.41. The smallest absolute Gasteiger partial charge is 0.410 e. The summed E-state index contributed by atoms with van der Waals surface area (Å²) in [5.41, 5.74) is 10.7. The van der Waals surface area contributed by atoms with Gasteiger partial charge in [-0.3, -0.25) is 10.3 Å². The van der Waals surface area contributed by atoms with E-state index in [9.17, 15) is 4.79 Å². The van der Waals surface area contributed by atoms with E-state index in [1.165, 1.54) is 0 Å². The van der Waals surface area contributed by atoms with Gasteiger partial charge in [0.15, 0.2) is 0 Å². The predicted molar refractivity (Wildman–Crippen MR) is 138 cm³/mol. The molecule has 3 rings (SSSR count). The first-order valence-electron chi connectivity index (χ1n) is 11.2. The van der Waals surface area contributed by atoms with E-state index in [0.29, 0.717) is 12.8 Å². The number of halogens is 3. The van der Waals surface area contributed by atoms with Gasteiger partial charge < -0.3 is 14.2 Å². The third-order valence-corrected chi connectivity index (χ3v) is 6.24. The average Bonchev–Trinajstić information content (AvgIpc) is 2.87. The highest BCUT2D eigenvalue weighted by Crippen LogP contribution is 2.32. The first-order valence-corrected chi connectivity index (χ1v) is 12.4. The number of hydrogen-bond acceptors (Lipinski definition) is 6. The van der Waals surface area contributed by atoms with E-state index < -0.39 is 40.3 Å². The second kappa shape index (κ2) is 13.0. The molecule has 0 radical (unpaired) electrons. The number of ether oxygens (including phenoxy) is 3. The molecular formula is C24H26Cl3N5O4. The van der Waals surface area contributed by atoms with Crippen molar-refractivity contribution in [3.63, 3.8) is 0 Å². The first-order chi connectivity index (χ1) is 17.2. The molecule has 4 atom stereocenters. The van der Waals surface area contributed by atoms with Gasteiger partial charge in [0.2, 0.25) is 12.2 Å². The number of nitrogens with one attached hydrogen (secondary N) is 1. The molecule has 1 fully saturated rings. The minimum Gasteiger partial charge on any atom is -0.448 e. The average molecular weight is 555 g/mol. The van der Waals surface area contributed by atoms with Crippen LogP contribution < -0.4 is 0 Å². The number of alkyl halides is 3. The standard InChI is InChI=1S/C24H26Cl3N5O4/c1-16(20-13-12-19(30-31-29)21(35-20)36-22(28)24(25,26)27)32(14-17-8-4-2-5-9-17)23(33)34-15-18-10-6-3-7-11-18/h2-11,16,19-21,28H,12-15H2,1H3/t16-,19?,20+,21?/m1/s1. The predicted octanol–water partition coefficient (Wildman–Crippen LogP) is 6.76. The molecule has 2 aromatic rings. The quantitative estimate of drug-likeness (QED) is 0.0967. The maximum Gasteiger partial charge on any atom is 0.410 e. The summed E-state index contributed by atoms with van der Waals surface area (Å²) in [4.78, 5) is 17.6. The van der Waals surface area contributed by atoms with Crippen molar-refractivity contribution in [3.8, 4) is 0 Å². The summed E-state index contributed by atoms with van der Waals surface area (Å²) < 4.78 is 15.0. The van der Waals surface area contributed by atoms with Gasteiger partial charge in [-0.15, -0.1) is 0 Å². The third-order valence-electron chi connectivity index (χ3n) is 5.73. The maximum absolute atomic E-state index is 13.2. The number of benzene rings is 2. The lowest BCUT2D eigenvalue weighted by Gasteiger charge is -2.40. The maximum atomic E-state index is 13.2. The Bertz CT molecular complexity index is 1060. The van der Waals surface area contributed by atoms with Crippen molar-refractivity contribution in [2.75, 3.05) is 0 Å². The van der Waals surface area contributed by atoms with Crippen molar-refractivity contribution in [2.45, 2.75) is 61.2 Å². The number of carbonyl (C=O) groups excluding carboxylic acids is 1. The van der Waals surface area contributed by atoms with E-state index in [-0.39, 0.29) is 13.2 Å². The normalized spacial score (nSPS) is 20.5. The van der Waals surface area contributed by atoms with Crippen LogP contribution in [0, 0.1) is 5.41 Å². The molecule has 0 spiro atoms. The van der Waals surface area contributed by atoms with Crippen LogP contribution in [0.25, 0.3) is 10.4 Å². The first kappa shape index (κ1) is 27.9. The van der Waals surface area contributed by atoms with Crippen LogP contribution in [0.15, 0.2) is 65.8 Å². The van der Waals surface area contributed by atoms with Crippen LogP contribution in [0.5, 0.6) is 0 Å². The molecule has 1 saturated heterocycles. The van der Waals surface area contributed by atoms with Gasteiger partial charge in [0.1, 0.15) is 6.61 Å². The molecule has 2 unspecified atom stereocenters. The van der Waals surface area contributed by atoms with Crippen LogP contribution in [0.1, 0.15) is 30.9 Å². The number of azide groups is 1. The summed E-state index contributed by atoms with van der Waals surface area (Å²) in [6.07, 6.45) is -1.36. The zero-order valence-electron chi connectivity index (χ0n) is 19.5. The SMILES string of the molecule is C[C@H]([C@@H]1CCC(N=[N+]=[N-])C(OC(=N)C(Cl)(Cl)Cl)O1)N(Cc1ccccc1)C(=O)OCc1ccccc1. The minimum atomic E-state index is -2.11. The van der Waals surface area contributed by atoms with Crippen molar-refractivity contribution >= 4 is 46.8 Å². The third kappa shape index (κ3) is 7.91. The summed E-state index contributed by atoms with van der Waals surface area (Å²) >= 11 is 17.2. The Hall–Kier alpha value is -2.68. The van der Waals surface area contributed by atoms with E-state index in [0.717, 1.165) is 11.1 Å². The van der Waals surface area contributed by atoms with Gasteiger partial charge in [-0.25, -0.2) is 4.79 Å². The minimum absolute atomic E-state index is 0.119. The van der Waals surface area contributed by atoms with Gasteiger partial charge in [0, 0.05) is 11.5 Å². The molecule has 12 heteroatoms. The molecular weight excluding hydrogens is 529 g/mol. The van der Waals surface area contributed by atoms with E-state index in [1.54, 1.807) is 4.90 Å². The Balaban J connectivity index is 1.78. The fourth-order valence-corrected chi connectivity index (χ4v) is 3.92. The Morgan fingerprint density at radius 3 is 2.36 bits per heavy atom. The Morgan fingerprint density at radius 1 is 1.17 bits per heavy atom. The second-order valence-corrected chi connectivity index (χ2v) is 10.5. The van der Waals surface area contributed by atoms with Crippen molar-refractivity contribution in [2.24, 2.45) is 5.11 Å². The topological polar surface area (TPSA) is 121 Å². The van der Waals surface area contributed by atoms with Gasteiger partial charge in [0.25, 0.3) is 3.79 Å². The van der Waals surface area contributed by atoms with E-state index in [2.05, 4.69) is 10.0 Å². The van der Waals surface area contributed by atoms with Crippen LogP contribution in [0.2, 0.25) is 0 Å². The van der Waals surface area contributed by atoms with Gasteiger partial charge in [0.05, 0.1) is 18.2 Å². The second-order valence-electron chi connectivity index (χ2n) is 8.23. The van der Waals surface area contributed by atoms with Crippen LogP contribution in [-0.4, -0.2) is 45.2 Å². The molecule has 1 amide bonds. The largest absolute Gasteiger partial charge is 0.448 e. The van der Waals surface area contributed by atoms with Crippen molar-refractivity contribution in [1.29, 1.82) is 5.41 Å². The molecule has 9 nitrogen and oxygen atoms in total. The molecule has 36 heavy (non-hydrogen) atoms. The lowest BCUT2D eigenvalue weighted by atomic mass is 9.98. The van der Waals surface area contributed by atoms with Crippen molar-refractivity contribution < 1.29 is 19.0 Å². The van der Waals surface area contributed by atoms with Crippen LogP contribution in [-0.2, 0) is 27.4 Å². The number of rotatable bonds is 8. The summed E-state index contributed by atoms with van der Waals surface area (Å²) in [6, 6.07) is 17.7. The highest BCUT2D eigenvalue weighted by molar-refractivity contribution is 6.76. The summed E-state index contributed by atoms with van der Waals surface area (Å²) in [7, 11) is 0. The molecule has 0 bridgehead atoms. The lowest BCUT2D eigenvalue weighted by Crippen LogP contribution is -2.51. The number of carbonyl (C=O) groups is 1. The van der Waals surface area contributed by atoms with E-state index in [4.69, 9.17) is 60.0 Å². The molecule has 2 aromatic carbocycles. The molecule has 0 aromatic heterocycles. The Labute approximate surface area is 224 Å². The fraction of sp³-hybridized carbons (Fsp3) is 0.417. The van der Waals surface area contributed by atoms with Crippen LogP contribution in [0.4, 0.5) is 4.79 Å². The molecule has 192 valence electrons. The van der Waals surface area contributed by atoms with Gasteiger partial charge >= 0.3 is 6.09 Å². The molecule has 1 aliphatic heterocycles. The Kier molecular flexibility index (Phi) is 10.1. The number of amides is 1. The monoisotopic (exact) mass is 553 g/mol. The summed E-state index contributed by atoms with van der Waals surface area (Å²) in [5, 5.41) is 11.6. The zero-order chi connectivity index (χ0) is 26.1. The lowest BCUT2D eigenvalue weighted by molar-refractivity contribution is -0.179. The zero-order valence-corrected chi connectivity index (χ0v) is 21.7. The van der Waals surface area contributed by atoms with Crippen LogP contribution >= 0.6 is 34.8 Å². The van der Waals surface area contributed by atoms with E-state index >= 15 is 0 Å². The molecule has 0 aliphatic carbocycles. The Morgan fingerprint density at radius 2 is 1.78 bits per heavy atom. The highest BCUT2D eigenvalue weighted by atomic mass is 35.6. The van der Waals surface area contributed by atoms with E-state index in [1.807, 2.05) is 67.6 Å². The fourth-order valence-electron chi connectivity index (χ4n) is 3.78. The number of hydrogen-bond donors (Lipinski definition) is 1. The van der Waals surface area contributed by atoms with Gasteiger partial charge in [-0.1, -0.05) is 101 Å². The molecule has 0 saturated carbocycles. The summed E-state index contributed by atoms with van der Waals surface area (Å²) in [5.74, 6) is -0.660.